The van der Waals surface area contributed by atoms with Gasteiger partial charge >= 0.3 is 5.97 Å². The van der Waals surface area contributed by atoms with Crippen LogP contribution in [-0.4, -0.2) is 26.2 Å². The minimum Gasteiger partial charge on any atom is -0.462 e. The average molecular weight is 142 g/mol. The highest BCUT2D eigenvalue weighted by atomic mass is 16.5. The van der Waals surface area contributed by atoms with Gasteiger partial charge in [0.1, 0.15) is 6.61 Å². The fraction of sp³-hybridized carbons (Fsp3) is 0.571. The molecule has 0 aromatic heterocycles. The Bertz CT molecular complexity index is 121. The fourth-order valence-corrected chi connectivity index (χ4v) is 0.413. The molecule has 57 valence electrons. The summed E-state index contributed by atoms with van der Waals surface area (Å²) in [7, 11) is 1.73. The summed E-state index contributed by atoms with van der Waals surface area (Å²) in [6.45, 7) is 2.42. The molecule has 0 aliphatic rings. The van der Waals surface area contributed by atoms with Gasteiger partial charge in [0, 0.05) is 20.5 Å². The number of esters is 1. The standard InChI is InChI=1S/C7H12NO2/c1-7(9)10-6-4-3-5-8-2/h3-4H,5-6H2,1-2H3/b4-3+. The van der Waals surface area contributed by atoms with E-state index in [-0.39, 0.29) is 5.97 Å². The first-order chi connectivity index (χ1) is 4.77. The Morgan fingerprint density at radius 2 is 2.30 bits per heavy atom. The van der Waals surface area contributed by atoms with E-state index in [2.05, 4.69) is 10.1 Å². The van der Waals surface area contributed by atoms with Crippen molar-refractivity contribution in [2.45, 2.75) is 6.92 Å². The van der Waals surface area contributed by atoms with Crippen LogP contribution in [0.3, 0.4) is 0 Å². The van der Waals surface area contributed by atoms with E-state index in [1.807, 2.05) is 6.08 Å². The minimum absolute atomic E-state index is 0.252. The van der Waals surface area contributed by atoms with E-state index >= 15 is 0 Å². The van der Waals surface area contributed by atoms with E-state index in [0.29, 0.717) is 13.2 Å². The first kappa shape index (κ1) is 9.17. The Morgan fingerprint density at radius 3 is 2.80 bits per heavy atom. The van der Waals surface area contributed by atoms with Gasteiger partial charge in [0.15, 0.2) is 0 Å². The number of rotatable bonds is 4. The zero-order valence-corrected chi connectivity index (χ0v) is 6.33. The SMILES string of the molecule is C[N]C/C=C/COC(C)=O. The third-order valence-electron chi connectivity index (χ3n) is 0.837. The highest BCUT2D eigenvalue weighted by Crippen LogP contribution is 1.77. The van der Waals surface area contributed by atoms with Crippen molar-refractivity contribution in [3.8, 4) is 0 Å². The highest BCUT2D eigenvalue weighted by molar-refractivity contribution is 5.65. The number of carbonyl (C=O) groups is 1. The molecule has 0 aliphatic heterocycles. The molecule has 0 amide bonds. The van der Waals surface area contributed by atoms with Gasteiger partial charge in [-0.2, -0.15) is 0 Å². The summed E-state index contributed by atoms with van der Waals surface area (Å²) in [5.74, 6) is -0.252. The van der Waals surface area contributed by atoms with Crippen molar-refractivity contribution in [3.63, 3.8) is 0 Å². The second-order valence-corrected chi connectivity index (χ2v) is 1.77. The van der Waals surface area contributed by atoms with E-state index < -0.39 is 0 Å². The number of carbonyl (C=O) groups excluding carboxylic acids is 1. The van der Waals surface area contributed by atoms with Crippen LogP contribution in [0.4, 0.5) is 0 Å². The monoisotopic (exact) mass is 142 g/mol. The van der Waals surface area contributed by atoms with E-state index in [1.165, 1.54) is 6.92 Å². The maximum absolute atomic E-state index is 10.2. The smallest absolute Gasteiger partial charge is 0.302 e. The van der Waals surface area contributed by atoms with Crippen molar-refractivity contribution >= 4 is 5.97 Å². The molecule has 0 unspecified atom stereocenters. The second-order valence-electron chi connectivity index (χ2n) is 1.77. The molecule has 3 heteroatoms. The molecule has 0 aliphatic carbocycles. The van der Waals surface area contributed by atoms with Crippen LogP contribution in [0.5, 0.6) is 0 Å². The zero-order valence-electron chi connectivity index (χ0n) is 6.33. The normalized spacial score (nSPS) is 10.2. The Morgan fingerprint density at radius 1 is 1.60 bits per heavy atom. The highest BCUT2D eigenvalue weighted by Gasteiger charge is 1.85. The fourth-order valence-electron chi connectivity index (χ4n) is 0.413. The van der Waals surface area contributed by atoms with Gasteiger partial charge in [-0.15, -0.1) is 0 Å². The molecular weight excluding hydrogens is 130 g/mol. The Kier molecular flexibility index (Phi) is 5.77. The van der Waals surface area contributed by atoms with Crippen molar-refractivity contribution in [2.24, 2.45) is 0 Å². The van der Waals surface area contributed by atoms with E-state index in [4.69, 9.17) is 0 Å². The molecule has 0 saturated heterocycles. The average Bonchev–Trinajstić information content (AvgIpc) is 1.87. The molecule has 0 saturated carbocycles. The summed E-state index contributed by atoms with van der Waals surface area (Å²) in [5.41, 5.74) is 0. The molecule has 3 nitrogen and oxygen atoms in total. The first-order valence-electron chi connectivity index (χ1n) is 3.11. The first-order valence-corrected chi connectivity index (χ1v) is 3.11. The molecule has 1 radical (unpaired) electrons. The van der Waals surface area contributed by atoms with Crippen molar-refractivity contribution in [1.29, 1.82) is 0 Å². The topological polar surface area (TPSA) is 40.4 Å². The van der Waals surface area contributed by atoms with Crippen LogP contribution in [0.25, 0.3) is 0 Å². The van der Waals surface area contributed by atoms with Crippen molar-refractivity contribution in [3.05, 3.63) is 12.2 Å². The maximum Gasteiger partial charge on any atom is 0.302 e. The van der Waals surface area contributed by atoms with Crippen LogP contribution < -0.4 is 5.32 Å². The molecule has 0 N–H and O–H groups in total. The third kappa shape index (κ3) is 7.17. The second kappa shape index (κ2) is 6.29. The Balaban J connectivity index is 3.10. The summed E-state index contributed by atoms with van der Waals surface area (Å²) >= 11 is 0. The largest absolute Gasteiger partial charge is 0.462 e. The summed E-state index contributed by atoms with van der Waals surface area (Å²) in [5, 5.41) is 3.83. The molecule has 0 heterocycles. The zero-order chi connectivity index (χ0) is 7.82. The molecular formula is C7H12NO2. The summed E-state index contributed by atoms with van der Waals surface area (Å²) in [6.07, 6.45) is 3.62. The van der Waals surface area contributed by atoms with E-state index in [9.17, 15) is 4.79 Å². The van der Waals surface area contributed by atoms with Gasteiger partial charge in [-0.1, -0.05) is 6.08 Å². The van der Waals surface area contributed by atoms with Crippen LogP contribution in [0.1, 0.15) is 6.92 Å². The van der Waals surface area contributed by atoms with E-state index in [0.717, 1.165) is 0 Å². The lowest BCUT2D eigenvalue weighted by molar-refractivity contribution is -0.139. The molecule has 0 fully saturated rings. The van der Waals surface area contributed by atoms with Crippen LogP contribution in [0.15, 0.2) is 12.2 Å². The van der Waals surface area contributed by atoms with Crippen LogP contribution in [-0.2, 0) is 9.53 Å². The number of ether oxygens (including phenoxy) is 1. The predicted molar refractivity (Wildman–Crippen MR) is 38.7 cm³/mol. The number of hydrogen-bond acceptors (Lipinski definition) is 2. The van der Waals surface area contributed by atoms with Gasteiger partial charge < -0.3 is 4.74 Å². The summed E-state index contributed by atoms with van der Waals surface area (Å²) in [4.78, 5) is 10.2. The third-order valence-corrected chi connectivity index (χ3v) is 0.837. The lowest BCUT2D eigenvalue weighted by Crippen LogP contribution is -1.99. The van der Waals surface area contributed by atoms with E-state index in [1.54, 1.807) is 13.1 Å². The quantitative estimate of drug-likeness (QED) is 0.419. The molecule has 0 spiro atoms. The summed E-state index contributed by atoms with van der Waals surface area (Å²) < 4.78 is 4.62. The maximum atomic E-state index is 10.2. The Hall–Kier alpha value is -0.830. The van der Waals surface area contributed by atoms with Gasteiger partial charge in [-0.05, 0) is 6.08 Å². The lowest BCUT2D eigenvalue weighted by Gasteiger charge is -1.93. The Labute approximate surface area is 61.1 Å². The van der Waals surface area contributed by atoms with Gasteiger partial charge in [0.05, 0.1) is 0 Å². The predicted octanol–water partition coefficient (Wildman–Crippen LogP) is 0.340. The van der Waals surface area contributed by atoms with Gasteiger partial charge in [0.2, 0.25) is 0 Å². The van der Waals surface area contributed by atoms with Gasteiger partial charge in [-0.3, -0.25) is 4.79 Å². The lowest BCUT2D eigenvalue weighted by atomic mass is 10.5. The summed E-state index contributed by atoms with van der Waals surface area (Å²) in [6, 6.07) is 0. The number of likely N-dealkylation sites (N-methyl/N-ethyl adjacent to an activating group) is 1. The number of hydrogen-bond donors (Lipinski definition) is 0. The van der Waals surface area contributed by atoms with Crippen LogP contribution in [0, 0.1) is 0 Å². The molecule has 0 aromatic carbocycles. The molecule has 0 bridgehead atoms. The van der Waals surface area contributed by atoms with Crippen LogP contribution in [0.2, 0.25) is 0 Å². The molecule has 0 rings (SSSR count). The minimum atomic E-state index is -0.252. The van der Waals surface area contributed by atoms with Gasteiger partial charge in [-0.25, -0.2) is 5.32 Å². The molecule has 10 heavy (non-hydrogen) atoms. The van der Waals surface area contributed by atoms with Crippen molar-refractivity contribution < 1.29 is 9.53 Å². The van der Waals surface area contributed by atoms with Crippen molar-refractivity contribution in [2.75, 3.05) is 20.2 Å². The molecule has 0 aromatic rings. The van der Waals surface area contributed by atoms with Crippen molar-refractivity contribution in [1.82, 2.24) is 5.32 Å². The number of nitrogens with zero attached hydrogens (tertiary/aromatic N) is 1. The van der Waals surface area contributed by atoms with Gasteiger partial charge in [0.25, 0.3) is 0 Å². The van der Waals surface area contributed by atoms with Crippen LogP contribution >= 0.6 is 0 Å². The molecule has 0 atom stereocenters.